The second kappa shape index (κ2) is 8.46. The van der Waals surface area contributed by atoms with Crippen LogP contribution in [0.25, 0.3) is 16.7 Å². The highest BCUT2D eigenvalue weighted by Gasteiger charge is 2.30. The van der Waals surface area contributed by atoms with Crippen LogP contribution >= 0.6 is 11.8 Å². The fourth-order valence-electron chi connectivity index (χ4n) is 4.37. The summed E-state index contributed by atoms with van der Waals surface area (Å²) in [5, 5.41) is 8.39. The van der Waals surface area contributed by atoms with Crippen LogP contribution in [0.2, 0.25) is 0 Å². The van der Waals surface area contributed by atoms with E-state index in [2.05, 4.69) is 17.3 Å². The molecule has 35 heavy (non-hydrogen) atoms. The van der Waals surface area contributed by atoms with E-state index in [1.54, 1.807) is 33.6 Å². The van der Waals surface area contributed by atoms with E-state index < -0.39 is 0 Å². The number of thioether (sulfide) groups is 1. The van der Waals surface area contributed by atoms with E-state index in [1.807, 2.05) is 25.1 Å². The minimum Gasteiger partial charge on any atom is -0.486 e. The van der Waals surface area contributed by atoms with Crippen molar-refractivity contribution in [1.82, 2.24) is 19.3 Å². The fourth-order valence-corrected chi connectivity index (χ4v) is 5.50. The van der Waals surface area contributed by atoms with Gasteiger partial charge in [-0.1, -0.05) is 17.8 Å². The maximum absolute atomic E-state index is 13.4. The Labute approximate surface area is 205 Å². The largest absolute Gasteiger partial charge is 0.486 e. The Hall–Kier alpha value is -3.79. The number of carbonyl (C=O) groups excluding carboxylic acids is 1. The molecule has 2 aliphatic rings. The Morgan fingerprint density at radius 1 is 1.11 bits per heavy atom. The molecule has 2 aromatic heterocycles. The number of rotatable bonds is 4. The summed E-state index contributed by atoms with van der Waals surface area (Å²) in [5.74, 6) is 1.69. The monoisotopic (exact) mass is 489 g/mol. The first-order valence-corrected chi connectivity index (χ1v) is 12.4. The molecule has 0 bridgehead atoms. The molecule has 2 aliphatic heterocycles. The molecule has 0 spiro atoms. The summed E-state index contributed by atoms with van der Waals surface area (Å²) in [7, 11) is 0. The van der Waals surface area contributed by atoms with Crippen LogP contribution in [0, 0.1) is 13.8 Å². The van der Waals surface area contributed by atoms with Crippen molar-refractivity contribution in [3.8, 4) is 17.2 Å². The number of amides is 1. The first-order chi connectivity index (χ1) is 17.0. The van der Waals surface area contributed by atoms with E-state index in [-0.39, 0.29) is 23.9 Å². The maximum Gasteiger partial charge on any atom is 0.265 e. The lowest BCUT2D eigenvalue weighted by Gasteiger charge is -2.19. The van der Waals surface area contributed by atoms with Crippen LogP contribution in [-0.4, -0.2) is 44.2 Å². The van der Waals surface area contributed by atoms with Crippen molar-refractivity contribution in [2.45, 2.75) is 31.5 Å². The number of nitrogens with one attached hydrogen (secondary N) is 1. The van der Waals surface area contributed by atoms with E-state index in [0.29, 0.717) is 52.3 Å². The molecule has 0 saturated heterocycles. The number of aromatic nitrogens is 4. The van der Waals surface area contributed by atoms with Gasteiger partial charge in [0, 0.05) is 23.9 Å². The molecule has 0 aliphatic carbocycles. The molecule has 10 heteroatoms. The number of hydrogen-bond donors (Lipinski definition) is 1. The summed E-state index contributed by atoms with van der Waals surface area (Å²) in [6, 6.07) is 11.1. The van der Waals surface area contributed by atoms with Gasteiger partial charge in [-0.15, -0.1) is 0 Å². The highest BCUT2D eigenvalue weighted by Crippen LogP contribution is 2.35. The summed E-state index contributed by atoms with van der Waals surface area (Å²) in [5.41, 5.74) is 4.16. The van der Waals surface area contributed by atoms with Crippen LogP contribution in [0.5, 0.6) is 11.5 Å². The van der Waals surface area contributed by atoms with Crippen LogP contribution in [0.4, 0.5) is 5.69 Å². The number of aryl methyl sites for hydroxylation is 2. The van der Waals surface area contributed by atoms with E-state index >= 15 is 0 Å². The number of nitrogens with zero attached hydrogens (tertiary/aromatic N) is 4. The standard InChI is InChI=1S/C25H23N5O4S/c1-14-3-5-17(9-15(14)2)30-23-19(12-26-30)24(32)29-18(13-35-25(29)28-23)11-22(31)27-16-4-6-20-21(10-16)34-8-7-33-20/h3-6,9-10,12,18H,7-8,11,13H2,1-2H3,(H,27,31). The van der Waals surface area contributed by atoms with Crippen molar-refractivity contribution in [3.63, 3.8) is 0 Å². The molecule has 0 fully saturated rings. The molecule has 0 saturated carbocycles. The van der Waals surface area contributed by atoms with Crippen molar-refractivity contribution >= 4 is 34.4 Å². The number of carbonyl (C=O) groups is 1. The Balaban J connectivity index is 1.26. The van der Waals surface area contributed by atoms with Crippen molar-refractivity contribution in [2.75, 3.05) is 24.3 Å². The summed E-state index contributed by atoms with van der Waals surface area (Å²) >= 11 is 1.48. The Morgan fingerprint density at radius 2 is 1.94 bits per heavy atom. The molecule has 4 aromatic rings. The Kier molecular flexibility index (Phi) is 5.25. The average Bonchev–Trinajstić information content (AvgIpc) is 3.46. The zero-order valence-electron chi connectivity index (χ0n) is 19.3. The Bertz CT molecular complexity index is 1540. The molecule has 4 heterocycles. The third-order valence-corrected chi connectivity index (χ3v) is 7.45. The third-order valence-electron chi connectivity index (χ3n) is 6.35. The summed E-state index contributed by atoms with van der Waals surface area (Å²) < 4.78 is 14.4. The SMILES string of the molecule is Cc1ccc(-n2ncc3c(=O)n4c(nc32)SCC4CC(=O)Nc2ccc3c(c2)OCCO3)cc1C. The van der Waals surface area contributed by atoms with Gasteiger partial charge in [0.25, 0.3) is 5.56 Å². The van der Waals surface area contributed by atoms with Gasteiger partial charge in [-0.25, -0.2) is 9.67 Å². The van der Waals surface area contributed by atoms with Gasteiger partial charge in [-0.3, -0.25) is 14.2 Å². The zero-order valence-corrected chi connectivity index (χ0v) is 20.1. The second-order valence-electron chi connectivity index (χ2n) is 8.71. The maximum atomic E-state index is 13.4. The minimum absolute atomic E-state index is 0.160. The van der Waals surface area contributed by atoms with Gasteiger partial charge in [0.15, 0.2) is 22.3 Å². The van der Waals surface area contributed by atoms with Gasteiger partial charge in [0.05, 0.1) is 17.9 Å². The second-order valence-corrected chi connectivity index (χ2v) is 9.69. The van der Waals surface area contributed by atoms with Crippen molar-refractivity contribution in [2.24, 2.45) is 0 Å². The molecule has 6 rings (SSSR count). The average molecular weight is 490 g/mol. The van der Waals surface area contributed by atoms with Gasteiger partial charge < -0.3 is 14.8 Å². The molecule has 1 amide bonds. The van der Waals surface area contributed by atoms with E-state index in [9.17, 15) is 9.59 Å². The number of ether oxygens (including phenoxy) is 2. The molecule has 0 radical (unpaired) electrons. The third kappa shape index (κ3) is 3.83. The molecule has 2 aromatic carbocycles. The first-order valence-electron chi connectivity index (χ1n) is 11.4. The van der Waals surface area contributed by atoms with Crippen molar-refractivity contribution in [3.05, 3.63) is 64.1 Å². The van der Waals surface area contributed by atoms with E-state index in [4.69, 9.17) is 14.5 Å². The normalized spacial score (nSPS) is 16.3. The van der Waals surface area contributed by atoms with Gasteiger partial charge in [-0.2, -0.15) is 5.10 Å². The Morgan fingerprint density at radius 3 is 2.77 bits per heavy atom. The van der Waals surface area contributed by atoms with Crippen LogP contribution in [-0.2, 0) is 4.79 Å². The lowest BCUT2D eigenvalue weighted by Crippen LogP contribution is -2.27. The van der Waals surface area contributed by atoms with Crippen LogP contribution in [0.1, 0.15) is 23.6 Å². The number of hydrogen-bond acceptors (Lipinski definition) is 7. The number of anilines is 1. The first kappa shape index (κ1) is 21.7. The molecular weight excluding hydrogens is 466 g/mol. The van der Waals surface area contributed by atoms with Crippen LogP contribution in [0.15, 0.2) is 52.5 Å². The lowest BCUT2D eigenvalue weighted by atomic mass is 10.1. The highest BCUT2D eigenvalue weighted by atomic mass is 32.2. The van der Waals surface area contributed by atoms with Gasteiger partial charge >= 0.3 is 0 Å². The van der Waals surface area contributed by atoms with Gasteiger partial charge in [0.1, 0.15) is 18.6 Å². The molecule has 1 N–H and O–H groups in total. The summed E-state index contributed by atoms with van der Waals surface area (Å²) in [6.45, 7) is 5.08. The van der Waals surface area contributed by atoms with Crippen molar-refractivity contribution in [1.29, 1.82) is 0 Å². The molecular formula is C25H23N5O4S. The molecule has 9 nitrogen and oxygen atoms in total. The van der Waals surface area contributed by atoms with E-state index in [0.717, 1.165) is 11.3 Å². The van der Waals surface area contributed by atoms with Crippen molar-refractivity contribution < 1.29 is 14.3 Å². The minimum atomic E-state index is -0.290. The van der Waals surface area contributed by atoms with Gasteiger partial charge in [-0.05, 0) is 49.2 Å². The summed E-state index contributed by atoms with van der Waals surface area (Å²) in [6.07, 6.45) is 1.72. The summed E-state index contributed by atoms with van der Waals surface area (Å²) in [4.78, 5) is 31.0. The van der Waals surface area contributed by atoms with Gasteiger partial charge in [0.2, 0.25) is 5.91 Å². The number of fused-ring (bicyclic) bond motifs is 3. The quantitative estimate of drug-likeness (QED) is 0.437. The fraction of sp³-hybridized carbons (Fsp3) is 0.280. The van der Waals surface area contributed by atoms with Crippen LogP contribution in [0.3, 0.4) is 0 Å². The predicted molar refractivity (Wildman–Crippen MR) is 133 cm³/mol. The molecule has 1 unspecified atom stereocenters. The van der Waals surface area contributed by atoms with E-state index in [1.165, 1.54) is 17.3 Å². The highest BCUT2D eigenvalue weighted by molar-refractivity contribution is 7.99. The predicted octanol–water partition coefficient (Wildman–Crippen LogP) is 3.65. The topological polar surface area (TPSA) is 100 Å². The number of benzene rings is 2. The molecule has 1 atom stereocenters. The molecule has 178 valence electrons. The smallest absolute Gasteiger partial charge is 0.265 e. The van der Waals surface area contributed by atoms with Crippen LogP contribution < -0.4 is 20.3 Å². The zero-order chi connectivity index (χ0) is 24.1. The lowest BCUT2D eigenvalue weighted by molar-refractivity contribution is -0.116.